The van der Waals surface area contributed by atoms with Crippen LogP contribution in [0.1, 0.15) is 190 Å². The summed E-state index contributed by atoms with van der Waals surface area (Å²) < 4.78 is 0. The molecule has 0 bridgehead atoms. The zero-order valence-corrected chi connectivity index (χ0v) is 59.4. The van der Waals surface area contributed by atoms with Crippen LogP contribution in [0.15, 0.2) is 60.7 Å². The number of piperidine rings is 1. The Hall–Kier alpha value is -6.96. The van der Waals surface area contributed by atoms with Crippen LogP contribution in [0.4, 0.5) is 0 Å². The summed E-state index contributed by atoms with van der Waals surface area (Å²) in [5.41, 5.74) is 1.42. The summed E-state index contributed by atoms with van der Waals surface area (Å²) in [6, 6.07) is 10.6. The summed E-state index contributed by atoms with van der Waals surface area (Å²) in [6.07, 6.45) is 1.99. The first-order valence-electron chi connectivity index (χ1n) is 35.3. The van der Waals surface area contributed by atoms with Crippen molar-refractivity contribution in [1.82, 2.24) is 35.6 Å². The number of fused-ring (bicyclic) bond motifs is 1. The first-order chi connectivity index (χ1) is 44.9. The lowest BCUT2D eigenvalue weighted by molar-refractivity contribution is -0.146. The normalized spacial score (nSPS) is 28.3. The van der Waals surface area contributed by atoms with E-state index in [0.29, 0.717) is 56.3 Å². The summed E-state index contributed by atoms with van der Waals surface area (Å²) in [4.78, 5) is 184. The predicted molar refractivity (Wildman–Crippen MR) is 365 cm³/mol. The van der Waals surface area contributed by atoms with Gasteiger partial charge in [0.25, 0.3) is 0 Å². The number of likely N-dealkylation sites (tertiary alicyclic amines) is 1. The zero-order chi connectivity index (χ0) is 70.5. The van der Waals surface area contributed by atoms with Gasteiger partial charge in [-0.3, -0.25) is 57.5 Å². The Kier molecular flexibility index (Phi) is 31.1. The molecule has 2 unspecified atom stereocenters. The number of hydrogen-bond donors (Lipinski definition) is 4. The van der Waals surface area contributed by atoms with Crippen molar-refractivity contribution in [2.75, 3.05) is 34.2 Å². The van der Waals surface area contributed by atoms with Gasteiger partial charge < -0.3 is 40.7 Å². The molecule has 4 N–H and O–H groups in total. The van der Waals surface area contributed by atoms with E-state index in [1.165, 1.54) is 42.6 Å². The van der Waals surface area contributed by atoms with Gasteiger partial charge in [-0.2, -0.15) is 0 Å². The van der Waals surface area contributed by atoms with Crippen molar-refractivity contribution < 1.29 is 62.6 Å². The number of aliphatic hydroxyl groups is 1. The monoisotopic (exact) mass is 1320 g/mol. The number of carbonyl (C=O) groups excluding carboxylic acids is 12. The fraction of sp³-hybridized carbons (Fsp3) is 0.680. The van der Waals surface area contributed by atoms with E-state index in [0.717, 1.165) is 6.42 Å². The van der Waals surface area contributed by atoms with Crippen molar-refractivity contribution in [1.29, 1.82) is 0 Å². The highest BCUT2D eigenvalue weighted by molar-refractivity contribution is 6.01. The van der Waals surface area contributed by atoms with Gasteiger partial charge >= 0.3 is 0 Å². The summed E-state index contributed by atoms with van der Waals surface area (Å²) in [7, 11) is 4.40. The Morgan fingerprint density at radius 2 is 1.11 bits per heavy atom. The molecule has 2 aromatic carbocycles. The largest absolute Gasteiger partial charge is 0.391 e. The molecule has 0 spiro atoms. The van der Waals surface area contributed by atoms with E-state index in [9.17, 15) is 38.7 Å². The third kappa shape index (κ3) is 22.6. The minimum absolute atomic E-state index is 0.0357. The second-order valence-corrected chi connectivity index (χ2v) is 29.1. The summed E-state index contributed by atoms with van der Waals surface area (Å²) >= 11 is 0. The highest BCUT2D eigenvalue weighted by atomic mass is 16.3. The van der Waals surface area contributed by atoms with Gasteiger partial charge in [0, 0.05) is 95.4 Å². The minimum Gasteiger partial charge on any atom is -0.391 e. The first kappa shape index (κ1) is 78.7. The van der Waals surface area contributed by atoms with Crippen LogP contribution in [0, 0.1) is 59.2 Å². The maximum Gasteiger partial charge on any atom is 0.245 e. The Labute approximate surface area is 565 Å². The molecule has 2 heterocycles. The first-order valence-corrected chi connectivity index (χ1v) is 35.3. The van der Waals surface area contributed by atoms with Crippen molar-refractivity contribution >= 4 is 70.3 Å². The Morgan fingerprint density at radius 3 is 1.66 bits per heavy atom. The standard InChI is InChI=1S/C75H113N7O13/c1-15-48(8)68-62(84)33-34-65(87)80(13)61(39-47(6)7)73(93)78-67(51(11)83)70(90)57-32-24-23-31-56(57)63(85)42-54(40-52-27-19-16-20-28-52)72(92)77-60(75(95)82-35-25-18-26-36-82)44-66(88)79(12)50(10)71(91)76-59(41-53-29-21-17-22-30-53)69(89)49(9)58(38-46(4)5)64(86)43-55(37-45(2)3)74(94)81(68)14/h16-17,19-22,27-30,45-51,54-61,67-68,83H,15,18,23-26,31-44H2,1-14H3,(H,76,91)(H,77,92)(H,78,93)/t48-,49?,50-,51+,54+,55+,56+,57?,58+,59-,60-,61-,67-,68-/m0/s1. The molecule has 1 saturated carbocycles. The number of amides is 7. The topological polar surface area (TPSA) is 274 Å². The van der Waals surface area contributed by atoms with Crippen LogP contribution >= 0.6 is 0 Å². The van der Waals surface area contributed by atoms with E-state index in [1.807, 2.05) is 91.8 Å². The Bertz CT molecular complexity index is 2950. The molecule has 5 rings (SSSR count). The van der Waals surface area contributed by atoms with Crippen LogP contribution in [0.5, 0.6) is 0 Å². The number of nitrogens with zero attached hydrogens (tertiary/aromatic N) is 4. The maximum absolute atomic E-state index is 15.2. The molecule has 0 radical (unpaired) electrons. The number of Topliss-reactive ketones (excluding diaryl/α,β-unsaturated/α-hetero) is 5. The molecule has 0 aromatic heterocycles. The molecule has 95 heavy (non-hydrogen) atoms. The highest BCUT2D eigenvalue weighted by Gasteiger charge is 2.45. The molecule has 2 saturated heterocycles. The molecular formula is C75H113N7O13. The third-order valence-electron chi connectivity index (χ3n) is 20.2. The van der Waals surface area contributed by atoms with E-state index in [1.54, 1.807) is 43.1 Å². The smallest absolute Gasteiger partial charge is 0.245 e. The molecular weight excluding hydrogens is 1210 g/mol. The summed E-state index contributed by atoms with van der Waals surface area (Å²) in [5, 5.41) is 19.9. The van der Waals surface area contributed by atoms with Crippen LogP contribution < -0.4 is 16.0 Å². The zero-order valence-electron chi connectivity index (χ0n) is 59.4. The molecule has 3 fully saturated rings. The lowest BCUT2D eigenvalue weighted by atomic mass is 9.71. The van der Waals surface area contributed by atoms with Gasteiger partial charge in [0.05, 0.1) is 24.6 Å². The van der Waals surface area contributed by atoms with Crippen molar-refractivity contribution in [3.05, 3.63) is 71.8 Å². The number of benzene rings is 2. The molecule has 3 aliphatic rings. The van der Waals surface area contributed by atoms with E-state index in [2.05, 4.69) is 16.0 Å². The average molecular weight is 1320 g/mol. The van der Waals surface area contributed by atoms with E-state index in [4.69, 9.17) is 0 Å². The van der Waals surface area contributed by atoms with Gasteiger partial charge in [-0.05, 0) is 113 Å². The average Bonchev–Trinajstić information content (AvgIpc) is 0.884. The number of likely N-dealkylation sites (N-methyl/N-ethyl adjacent to an activating group) is 3. The van der Waals surface area contributed by atoms with E-state index < -0.39 is 149 Å². The Balaban J connectivity index is 1.63. The summed E-state index contributed by atoms with van der Waals surface area (Å²) in [5.74, 6) is -12.9. The third-order valence-corrected chi connectivity index (χ3v) is 20.2. The number of hydrogen-bond acceptors (Lipinski definition) is 13. The lowest BCUT2D eigenvalue weighted by Gasteiger charge is -2.36. The maximum atomic E-state index is 15.2. The molecule has 14 atom stereocenters. The highest BCUT2D eigenvalue weighted by Crippen LogP contribution is 2.36. The van der Waals surface area contributed by atoms with Gasteiger partial charge in [0.15, 0.2) is 17.3 Å². The van der Waals surface area contributed by atoms with Crippen molar-refractivity contribution in [3.8, 4) is 0 Å². The number of nitrogens with one attached hydrogen (secondary N) is 3. The van der Waals surface area contributed by atoms with E-state index in [-0.39, 0.29) is 100 Å². The fourth-order valence-corrected chi connectivity index (χ4v) is 14.3. The van der Waals surface area contributed by atoms with Crippen LogP contribution in [-0.4, -0.2) is 172 Å². The quantitative estimate of drug-likeness (QED) is 0.139. The van der Waals surface area contributed by atoms with Crippen LogP contribution in [0.3, 0.4) is 0 Å². The second kappa shape index (κ2) is 37.5. The number of rotatable bonds is 14. The summed E-state index contributed by atoms with van der Waals surface area (Å²) in [6.45, 7) is 20.5. The minimum atomic E-state index is -1.50. The number of aliphatic hydroxyl groups excluding tert-OH is 1. The van der Waals surface area contributed by atoms with Gasteiger partial charge in [-0.15, -0.1) is 0 Å². The lowest BCUT2D eigenvalue weighted by Crippen LogP contribution is -2.57. The predicted octanol–water partition coefficient (Wildman–Crippen LogP) is 8.11. The van der Waals surface area contributed by atoms with Crippen LogP contribution in [0.2, 0.25) is 0 Å². The molecule has 20 nitrogen and oxygen atoms in total. The van der Waals surface area contributed by atoms with Gasteiger partial charge in [-0.1, -0.05) is 142 Å². The van der Waals surface area contributed by atoms with Crippen molar-refractivity contribution in [3.63, 3.8) is 0 Å². The van der Waals surface area contributed by atoms with Crippen LogP contribution in [0.25, 0.3) is 0 Å². The number of ketones is 5. The molecule has 2 aliphatic heterocycles. The molecule has 20 heteroatoms. The number of carbonyl (C=O) groups is 12. The van der Waals surface area contributed by atoms with Crippen LogP contribution in [-0.2, 0) is 70.4 Å². The van der Waals surface area contributed by atoms with Gasteiger partial charge in [0.2, 0.25) is 41.4 Å². The van der Waals surface area contributed by atoms with Crippen molar-refractivity contribution in [2.45, 2.75) is 234 Å². The van der Waals surface area contributed by atoms with Crippen molar-refractivity contribution in [2.24, 2.45) is 59.2 Å². The molecule has 7 amide bonds. The van der Waals surface area contributed by atoms with Gasteiger partial charge in [0.1, 0.15) is 35.7 Å². The van der Waals surface area contributed by atoms with E-state index >= 15 is 24.0 Å². The SMILES string of the molecule is CC[C@H](C)[C@H]1C(=O)CCC(=O)N(C)[C@@H](CC(C)C)C(=O)N[C@@H]([C@@H](C)O)C(=O)C2CCCC[C@H]2C(=O)C[C@@H](Cc2ccccc2)C(=O)N[C@H](C(=O)N2CCCCC2)CC(=O)N(C)[C@@H](C)C(=O)N[C@@H](Cc2ccccc2)C(=O)C(C)[C@@H](CC(C)C)C(=O)C[C@@H](CC(C)C)C(=O)N1C. The molecule has 2 aromatic rings. The second-order valence-electron chi connectivity index (χ2n) is 29.1. The molecule has 526 valence electrons. The molecule has 1 aliphatic carbocycles. The van der Waals surface area contributed by atoms with Gasteiger partial charge in [-0.25, -0.2) is 0 Å². The Morgan fingerprint density at radius 1 is 0.547 bits per heavy atom. The fourth-order valence-electron chi connectivity index (χ4n) is 14.3.